The Morgan fingerprint density at radius 2 is 2.00 bits per heavy atom. The summed E-state index contributed by atoms with van der Waals surface area (Å²) in [6.45, 7) is 8.64. The highest BCUT2D eigenvalue weighted by Gasteiger charge is 2.55. The van der Waals surface area contributed by atoms with Gasteiger partial charge in [-0.15, -0.1) is 0 Å². The van der Waals surface area contributed by atoms with Crippen molar-refractivity contribution in [1.82, 2.24) is 0 Å². The zero-order chi connectivity index (χ0) is 18.4. The van der Waals surface area contributed by atoms with Crippen molar-refractivity contribution in [3.05, 3.63) is 34.4 Å². The van der Waals surface area contributed by atoms with Gasteiger partial charge in [0.05, 0.1) is 12.5 Å². The summed E-state index contributed by atoms with van der Waals surface area (Å²) in [4.78, 5) is 24.3. The summed E-state index contributed by atoms with van der Waals surface area (Å²) >= 11 is 0. The van der Waals surface area contributed by atoms with Crippen LogP contribution in [0.25, 0.3) is 0 Å². The quantitative estimate of drug-likeness (QED) is 0.585. The fourth-order valence-corrected chi connectivity index (χ4v) is 5.63. The molecule has 136 valence electrons. The lowest BCUT2D eigenvalue weighted by atomic mass is 9.49. The number of carbonyl (C=O) groups is 2. The van der Waals surface area contributed by atoms with E-state index in [1.54, 1.807) is 0 Å². The number of esters is 1. The summed E-state index contributed by atoms with van der Waals surface area (Å²) in [5.74, 6) is 0.516. The summed E-state index contributed by atoms with van der Waals surface area (Å²) in [5.41, 5.74) is 4.09. The van der Waals surface area contributed by atoms with Crippen LogP contribution in [0.4, 0.5) is 0 Å². The normalized spacial score (nSPS) is 31.2. The van der Waals surface area contributed by atoms with Crippen LogP contribution in [0.15, 0.2) is 12.1 Å². The molecule has 0 aliphatic heterocycles. The van der Waals surface area contributed by atoms with Gasteiger partial charge in [-0.2, -0.15) is 0 Å². The number of hydrogen-bond donors (Lipinski definition) is 0. The zero-order valence-electron chi connectivity index (χ0n) is 16.1. The molecule has 0 unspecified atom stereocenters. The van der Waals surface area contributed by atoms with Crippen molar-refractivity contribution < 1.29 is 14.3 Å². The predicted molar refractivity (Wildman–Crippen MR) is 99.1 cm³/mol. The smallest absolute Gasteiger partial charge is 0.311 e. The predicted octanol–water partition coefficient (Wildman–Crippen LogP) is 4.81. The molecule has 0 N–H and O–H groups in total. The Morgan fingerprint density at radius 1 is 1.28 bits per heavy atom. The molecule has 0 spiro atoms. The average molecular weight is 342 g/mol. The van der Waals surface area contributed by atoms with Crippen LogP contribution in [0.1, 0.15) is 86.3 Å². The van der Waals surface area contributed by atoms with Crippen molar-refractivity contribution >= 4 is 12.3 Å². The number of fused-ring (bicyclic) bond motifs is 3. The first-order valence-electron chi connectivity index (χ1n) is 9.49. The molecule has 1 aromatic rings. The van der Waals surface area contributed by atoms with Gasteiger partial charge in [-0.25, -0.2) is 0 Å². The maximum atomic E-state index is 12.6. The Labute approximate surface area is 151 Å². The number of ether oxygens (including phenoxy) is 1. The highest BCUT2D eigenvalue weighted by molar-refractivity contribution is 5.80. The van der Waals surface area contributed by atoms with Gasteiger partial charge in [0, 0.05) is 5.56 Å². The second-order valence-electron chi connectivity index (χ2n) is 8.68. The number of aryl methyl sites for hydroxylation is 1. The van der Waals surface area contributed by atoms with E-state index < -0.39 is 5.41 Å². The molecule has 0 amide bonds. The van der Waals surface area contributed by atoms with Crippen LogP contribution < -0.4 is 0 Å². The molecule has 0 aromatic heterocycles. The summed E-state index contributed by atoms with van der Waals surface area (Å²) in [7, 11) is 1.50. The van der Waals surface area contributed by atoms with Gasteiger partial charge in [-0.1, -0.05) is 33.3 Å². The third-order valence-electron chi connectivity index (χ3n) is 6.96. The van der Waals surface area contributed by atoms with E-state index in [1.807, 2.05) is 0 Å². The summed E-state index contributed by atoms with van der Waals surface area (Å²) in [6.07, 6.45) is 5.94. The van der Waals surface area contributed by atoms with Crippen LogP contribution in [0.5, 0.6) is 0 Å². The minimum atomic E-state index is -0.433. The van der Waals surface area contributed by atoms with Crippen molar-refractivity contribution in [2.75, 3.05) is 7.11 Å². The van der Waals surface area contributed by atoms with Crippen LogP contribution in [-0.2, 0) is 21.4 Å². The molecule has 0 saturated heterocycles. The molecular weight excluding hydrogens is 312 g/mol. The van der Waals surface area contributed by atoms with E-state index >= 15 is 0 Å². The first-order valence-corrected chi connectivity index (χ1v) is 9.49. The first-order chi connectivity index (χ1) is 11.8. The van der Waals surface area contributed by atoms with E-state index in [4.69, 9.17) is 4.74 Å². The molecule has 0 radical (unpaired) electrons. The molecule has 3 rings (SSSR count). The first kappa shape index (κ1) is 18.2. The van der Waals surface area contributed by atoms with Crippen molar-refractivity contribution in [2.24, 2.45) is 11.3 Å². The highest BCUT2D eigenvalue weighted by Crippen LogP contribution is 2.57. The van der Waals surface area contributed by atoms with Crippen LogP contribution in [0, 0.1) is 11.3 Å². The standard InChI is InChI=1S/C22H30O3/c1-14(2)17-11-15-7-8-19-21(3,18(15)12-16(17)13-23)9-6-10-22(19,4)20(24)25-5/h11-14,19H,6-10H2,1-5H3/t19-,21-,22-/m1/s1. The molecular formula is C22H30O3. The lowest BCUT2D eigenvalue weighted by molar-refractivity contribution is -0.161. The molecule has 3 nitrogen and oxygen atoms in total. The molecule has 25 heavy (non-hydrogen) atoms. The van der Waals surface area contributed by atoms with Crippen LogP contribution in [-0.4, -0.2) is 19.4 Å². The van der Waals surface area contributed by atoms with Gasteiger partial charge in [0.15, 0.2) is 0 Å². The second kappa shape index (κ2) is 6.26. The third kappa shape index (κ3) is 2.63. The van der Waals surface area contributed by atoms with Crippen LogP contribution in [0.3, 0.4) is 0 Å². The Balaban J connectivity index is 2.14. The van der Waals surface area contributed by atoms with Gasteiger partial charge in [0.25, 0.3) is 0 Å². The molecule has 1 saturated carbocycles. The maximum Gasteiger partial charge on any atom is 0.311 e. The highest BCUT2D eigenvalue weighted by atomic mass is 16.5. The molecule has 3 atom stereocenters. The van der Waals surface area contributed by atoms with E-state index in [9.17, 15) is 9.59 Å². The Hall–Kier alpha value is -1.64. The van der Waals surface area contributed by atoms with Gasteiger partial charge in [-0.3, -0.25) is 9.59 Å². The fourth-order valence-electron chi connectivity index (χ4n) is 5.63. The number of rotatable bonds is 3. The van der Waals surface area contributed by atoms with Gasteiger partial charge in [-0.05, 0) is 72.6 Å². The van der Waals surface area contributed by atoms with Gasteiger partial charge < -0.3 is 4.74 Å². The van der Waals surface area contributed by atoms with Gasteiger partial charge >= 0.3 is 5.97 Å². The average Bonchev–Trinajstić information content (AvgIpc) is 2.59. The molecule has 2 aliphatic rings. The van der Waals surface area contributed by atoms with Crippen LogP contribution >= 0.6 is 0 Å². The summed E-state index contributed by atoms with van der Waals surface area (Å²) < 4.78 is 5.18. The minimum Gasteiger partial charge on any atom is -0.469 e. The molecule has 0 heterocycles. The SMILES string of the molecule is COC(=O)[C@]1(C)CCC[C@]2(C)c3cc(C=O)c(C(C)C)cc3CC[C@@H]12. The van der Waals surface area contributed by atoms with Crippen molar-refractivity contribution in [3.8, 4) is 0 Å². The Morgan fingerprint density at radius 3 is 2.60 bits per heavy atom. The maximum absolute atomic E-state index is 12.6. The number of aldehydes is 1. The summed E-state index contributed by atoms with van der Waals surface area (Å²) in [5, 5.41) is 0. The fraction of sp³-hybridized carbons (Fsp3) is 0.636. The van der Waals surface area contributed by atoms with Crippen molar-refractivity contribution in [2.45, 2.75) is 71.1 Å². The van der Waals surface area contributed by atoms with E-state index in [-0.39, 0.29) is 17.3 Å². The monoisotopic (exact) mass is 342 g/mol. The number of methoxy groups -OCH3 is 1. The number of carbonyl (C=O) groups excluding carboxylic acids is 2. The molecule has 2 aliphatic carbocycles. The molecule has 3 heteroatoms. The van der Waals surface area contributed by atoms with Gasteiger partial charge in [0.2, 0.25) is 0 Å². The topological polar surface area (TPSA) is 43.4 Å². The molecule has 0 bridgehead atoms. The van der Waals surface area contributed by atoms with Crippen molar-refractivity contribution in [3.63, 3.8) is 0 Å². The Bertz CT molecular complexity index is 705. The largest absolute Gasteiger partial charge is 0.469 e. The lowest BCUT2D eigenvalue weighted by Crippen LogP contribution is -2.52. The number of benzene rings is 1. The second-order valence-corrected chi connectivity index (χ2v) is 8.68. The Kier molecular flexibility index (Phi) is 4.55. The third-order valence-corrected chi connectivity index (χ3v) is 6.96. The van der Waals surface area contributed by atoms with Gasteiger partial charge in [0.1, 0.15) is 6.29 Å². The van der Waals surface area contributed by atoms with Crippen LogP contribution in [0.2, 0.25) is 0 Å². The zero-order valence-corrected chi connectivity index (χ0v) is 16.1. The van der Waals surface area contributed by atoms with E-state index in [0.717, 1.165) is 49.5 Å². The van der Waals surface area contributed by atoms with E-state index in [1.165, 1.54) is 18.2 Å². The minimum absolute atomic E-state index is 0.0674. The molecule has 1 fully saturated rings. The summed E-state index contributed by atoms with van der Waals surface area (Å²) in [6, 6.07) is 4.36. The molecule has 1 aromatic carbocycles. The van der Waals surface area contributed by atoms with E-state index in [0.29, 0.717) is 5.92 Å². The lowest BCUT2D eigenvalue weighted by Gasteiger charge is -2.54. The van der Waals surface area contributed by atoms with Crippen molar-refractivity contribution in [1.29, 1.82) is 0 Å². The van der Waals surface area contributed by atoms with E-state index in [2.05, 4.69) is 39.8 Å². The number of hydrogen-bond acceptors (Lipinski definition) is 3.